The van der Waals surface area contributed by atoms with E-state index in [4.69, 9.17) is 5.73 Å². The summed E-state index contributed by atoms with van der Waals surface area (Å²) in [5.41, 5.74) is 13.4. The molecule has 0 saturated carbocycles. The molecule has 1 aromatic rings. The Labute approximate surface area is 123 Å². The second kappa shape index (κ2) is 6.25. The van der Waals surface area contributed by atoms with Gasteiger partial charge in [-0.15, -0.1) is 0 Å². The zero-order valence-electron chi connectivity index (χ0n) is 13.7. The average molecular weight is 275 g/mol. The maximum atomic E-state index is 6.54. The molecule has 1 aliphatic rings. The lowest BCUT2D eigenvalue weighted by Crippen LogP contribution is -2.46. The van der Waals surface area contributed by atoms with E-state index in [1.807, 2.05) is 0 Å². The number of nitrogens with zero attached hydrogens (tertiary/aromatic N) is 2. The van der Waals surface area contributed by atoms with Crippen LogP contribution in [0.15, 0.2) is 6.07 Å². The largest absolute Gasteiger partial charge is 0.323 e. The van der Waals surface area contributed by atoms with Crippen LogP contribution in [0, 0.1) is 27.7 Å². The molecular weight excluding hydrogens is 246 g/mol. The van der Waals surface area contributed by atoms with E-state index >= 15 is 0 Å². The second-order valence-corrected chi connectivity index (χ2v) is 6.38. The lowest BCUT2D eigenvalue weighted by molar-refractivity contribution is 0.147. The molecule has 0 aromatic heterocycles. The summed E-state index contributed by atoms with van der Waals surface area (Å²) in [4.78, 5) is 4.89. The molecule has 0 aliphatic carbocycles. The minimum Gasteiger partial charge on any atom is -0.323 e. The molecular formula is C17H29N3. The summed E-state index contributed by atoms with van der Waals surface area (Å²) >= 11 is 0. The predicted octanol–water partition coefficient (Wildman–Crippen LogP) is 2.17. The Kier molecular flexibility index (Phi) is 4.84. The molecule has 3 nitrogen and oxygen atoms in total. The zero-order valence-corrected chi connectivity index (χ0v) is 13.7. The topological polar surface area (TPSA) is 32.5 Å². The zero-order chi connectivity index (χ0) is 14.9. The van der Waals surface area contributed by atoms with E-state index in [1.54, 1.807) is 0 Å². The van der Waals surface area contributed by atoms with Crippen LogP contribution in [0.1, 0.15) is 33.9 Å². The summed E-state index contributed by atoms with van der Waals surface area (Å²) < 4.78 is 0. The molecule has 1 unspecified atom stereocenters. The highest BCUT2D eigenvalue weighted by molar-refractivity contribution is 5.45. The van der Waals surface area contributed by atoms with Gasteiger partial charge in [0.25, 0.3) is 0 Å². The van der Waals surface area contributed by atoms with Gasteiger partial charge in [0.2, 0.25) is 0 Å². The smallest absolute Gasteiger partial charge is 0.0429 e. The van der Waals surface area contributed by atoms with E-state index in [0.29, 0.717) is 0 Å². The van der Waals surface area contributed by atoms with Crippen LogP contribution in [0.2, 0.25) is 0 Å². The van der Waals surface area contributed by atoms with E-state index in [-0.39, 0.29) is 6.04 Å². The molecule has 20 heavy (non-hydrogen) atoms. The van der Waals surface area contributed by atoms with Gasteiger partial charge in [0.15, 0.2) is 0 Å². The highest BCUT2D eigenvalue weighted by Gasteiger charge is 2.20. The Bertz CT molecular complexity index is 447. The monoisotopic (exact) mass is 275 g/mol. The first-order valence-electron chi connectivity index (χ1n) is 7.64. The van der Waals surface area contributed by atoms with Crippen molar-refractivity contribution in [3.05, 3.63) is 33.9 Å². The first-order valence-corrected chi connectivity index (χ1v) is 7.64. The lowest BCUT2D eigenvalue weighted by Gasteiger charge is -2.34. The number of aryl methyl sites for hydroxylation is 2. The van der Waals surface area contributed by atoms with Crippen molar-refractivity contribution >= 4 is 0 Å². The molecule has 2 N–H and O–H groups in total. The van der Waals surface area contributed by atoms with Crippen LogP contribution < -0.4 is 5.73 Å². The summed E-state index contributed by atoms with van der Waals surface area (Å²) in [6, 6.07) is 2.40. The highest BCUT2D eigenvalue weighted by atomic mass is 15.2. The van der Waals surface area contributed by atoms with Crippen LogP contribution in [0.4, 0.5) is 0 Å². The van der Waals surface area contributed by atoms with Crippen molar-refractivity contribution in [3.63, 3.8) is 0 Å². The number of rotatable bonds is 3. The number of nitrogens with two attached hydrogens (primary N) is 1. The maximum Gasteiger partial charge on any atom is 0.0429 e. The molecule has 1 fully saturated rings. The average Bonchev–Trinajstić information content (AvgIpc) is 2.39. The van der Waals surface area contributed by atoms with E-state index in [2.05, 4.69) is 50.6 Å². The summed E-state index contributed by atoms with van der Waals surface area (Å²) in [6.07, 6.45) is 0. The van der Waals surface area contributed by atoms with E-state index < -0.39 is 0 Å². The first-order chi connectivity index (χ1) is 9.40. The van der Waals surface area contributed by atoms with Gasteiger partial charge in [-0.3, -0.25) is 4.90 Å². The Balaban J connectivity index is 2.15. The number of hydrogen-bond acceptors (Lipinski definition) is 3. The fourth-order valence-electron chi connectivity index (χ4n) is 3.20. The number of hydrogen-bond donors (Lipinski definition) is 1. The molecule has 0 amide bonds. The molecule has 0 radical (unpaired) electrons. The third-order valence-corrected chi connectivity index (χ3v) is 4.85. The third kappa shape index (κ3) is 3.22. The van der Waals surface area contributed by atoms with Crippen LogP contribution in [0.5, 0.6) is 0 Å². The summed E-state index contributed by atoms with van der Waals surface area (Å²) in [6.45, 7) is 14.3. The van der Waals surface area contributed by atoms with Crippen molar-refractivity contribution < 1.29 is 0 Å². The van der Waals surface area contributed by atoms with E-state index in [9.17, 15) is 0 Å². The van der Waals surface area contributed by atoms with Crippen LogP contribution in [0.25, 0.3) is 0 Å². The SMILES string of the molecule is Cc1cc(C)c(C)c(C(N)CN2CCN(C)CC2)c1C. The summed E-state index contributed by atoms with van der Waals surface area (Å²) in [7, 11) is 2.19. The van der Waals surface area contributed by atoms with Gasteiger partial charge in [-0.2, -0.15) is 0 Å². The molecule has 3 heteroatoms. The van der Waals surface area contributed by atoms with Crippen molar-refractivity contribution in [2.24, 2.45) is 5.73 Å². The van der Waals surface area contributed by atoms with Gasteiger partial charge in [-0.1, -0.05) is 6.07 Å². The van der Waals surface area contributed by atoms with Gasteiger partial charge in [0, 0.05) is 38.8 Å². The fraction of sp³-hybridized carbons (Fsp3) is 0.647. The standard InChI is InChI=1S/C17H29N3/c1-12-10-13(2)15(4)17(14(12)3)16(18)11-20-8-6-19(5)7-9-20/h10,16H,6-9,11,18H2,1-5H3. The second-order valence-electron chi connectivity index (χ2n) is 6.38. The van der Waals surface area contributed by atoms with E-state index in [1.165, 1.54) is 27.8 Å². The quantitative estimate of drug-likeness (QED) is 0.917. The van der Waals surface area contributed by atoms with Gasteiger partial charge in [-0.25, -0.2) is 0 Å². The molecule has 0 bridgehead atoms. The minimum atomic E-state index is 0.122. The molecule has 1 saturated heterocycles. The molecule has 1 aromatic carbocycles. The van der Waals surface area contributed by atoms with Gasteiger partial charge in [-0.05, 0) is 62.6 Å². The fourth-order valence-corrected chi connectivity index (χ4v) is 3.20. The Morgan fingerprint density at radius 2 is 1.50 bits per heavy atom. The highest BCUT2D eigenvalue weighted by Crippen LogP contribution is 2.26. The lowest BCUT2D eigenvalue weighted by atomic mass is 9.90. The van der Waals surface area contributed by atoms with Crippen LogP contribution in [-0.4, -0.2) is 49.6 Å². The predicted molar refractivity (Wildman–Crippen MR) is 86.3 cm³/mol. The molecule has 2 rings (SSSR count). The Hall–Kier alpha value is -0.900. The Morgan fingerprint density at radius 3 is 2.00 bits per heavy atom. The summed E-state index contributed by atoms with van der Waals surface area (Å²) in [5.74, 6) is 0. The number of piperazine rings is 1. The van der Waals surface area contributed by atoms with Crippen molar-refractivity contribution in [1.29, 1.82) is 0 Å². The first kappa shape index (κ1) is 15.5. The Morgan fingerprint density at radius 1 is 1.00 bits per heavy atom. The van der Waals surface area contributed by atoms with E-state index in [0.717, 1.165) is 32.7 Å². The van der Waals surface area contributed by atoms with Crippen molar-refractivity contribution in [3.8, 4) is 0 Å². The van der Waals surface area contributed by atoms with Crippen LogP contribution >= 0.6 is 0 Å². The van der Waals surface area contributed by atoms with Crippen LogP contribution in [-0.2, 0) is 0 Å². The number of benzene rings is 1. The number of likely N-dealkylation sites (N-methyl/N-ethyl adjacent to an activating group) is 1. The van der Waals surface area contributed by atoms with Gasteiger partial charge >= 0.3 is 0 Å². The molecule has 0 spiro atoms. The van der Waals surface area contributed by atoms with Crippen molar-refractivity contribution in [2.75, 3.05) is 39.8 Å². The molecule has 112 valence electrons. The minimum absolute atomic E-state index is 0.122. The molecule has 1 atom stereocenters. The van der Waals surface area contributed by atoms with Gasteiger partial charge in [0.05, 0.1) is 0 Å². The van der Waals surface area contributed by atoms with Crippen molar-refractivity contribution in [2.45, 2.75) is 33.7 Å². The normalized spacial score (nSPS) is 19.3. The van der Waals surface area contributed by atoms with Gasteiger partial charge in [0.1, 0.15) is 0 Å². The van der Waals surface area contributed by atoms with Crippen LogP contribution in [0.3, 0.4) is 0 Å². The third-order valence-electron chi connectivity index (χ3n) is 4.85. The molecule has 1 heterocycles. The van der Waals surface area contributed by atoms with Gasteiger partial charge < -0.3 is 10.6 Å². The summed E-state index contributed by atoms with van der Waals surface area (Å²) in [5, 5.41) is 0. The van der Waals surface area contributed by atoms with Crippen molar-refractivity contribution in [1.82, 2.24) is 9.80 Å². The molecule has 1 aliphatic heterocycles. The maximum absolute atomic E-state index is 6.54.